The topological polar surface area (TPSA) is 12.0 Å². The molecule has 1 atom stereocenters. The Hall–Kier alpha value is -0.300. The summed E-state index contributed by atoms with van der Waals surface area (Å²) < 4.78 is 0. The van der Waals surface area contributed by atoms with Crippen molar-refractivity contribution in [1.29, 1.82) is 0 Å². The second-order valence-corrected chi connectivity index (χ2v) is 3.14. The normalized spacial score (nSPS) is 25.6. The van der Waals surface area contributed by atoms with Gasteiger partial charge in [-0.2, -0.15) is 0 Å². The van der Waals surface area contributed by atoms with Crippen LogP contribution in [0.5, 0.6) is 0 Å². The van der Waals surface area contributed by atoms with E-state index < -0.39 is 0 Å². The maximum atomic E-state index is 3.33. The number of hydrogen-bond donors (Lipinski definition) is 1. The van der Waals surface area contributed by atoms with Gasteiger partial charge in [0.2, 0.25) is 0 Å². The van der Waals surface area contributed by atoms with Crippen LogP contribution in [0.3, 0.4) is 0 Å². The van der Waals surface area contributed by atoms with Gasteiger partial charge in [0.05, 0.1) is 0 Å². The quantitative estimate of drug-likeness (QED) is 0.577. The zero-order valence-electron chi connectivity index (χ0n) is 6.98. The highest BCUT2D eigenvalue weighted by atomic mass is 14.9. The summed E-state index contributed by atoms with van der Waals surface area (Å²) >= 11 is 0. The molecule has 58 valence electrons. The van der Waals surface area contributed by atoms with E-state index >= 15 is 0 Å². The van der Waals surface area contributed by atoms with E-state index in [4.69, 9.17) is 0 Å². The first-order valence-corrected chi connectivity index (χ1v) is 4.23. The van der Waals surface area contributed by atoms with E-state index in [0.29, 0.717) is 0 Å². The lowest BCUT2D eigenvalue weighted by Crippen LogP contribution is -2.04. The highest BCUT2D eigenvalue weighted by molar-refractivity contribution is 5.09. The van der Waals surface area contributed by atoms with Gasteiger partial charge >= 0.3 is 0 Å². The molecule has 0 radical (unpaired) electrons. The Bertz CT molecular complexity index is 119. The molecule has 0 aromatic rings. The van der Waals surface area contributed by atoms with Crippen LogP contribution in [0, 0.1) is 5.92 Å². The summed E-state index contributed by atoms with van der Waals surface area (Å²) in [4.78, 5) is 0. The number of nitrogens with one attached hydrogen (secondary N) is 1. The van der Waals surface area contributed by atoms with Crippen LogP contribution >= 0.6 is 0 Å². The van der Waals surface area contributed by atoms with Gasteiger partial charge in [-0.15, -0.1) is 0 Å². The lowest BCUT2D eigenvalue weighted by atomic mass is 10.0. The van der Waals surface area contributed by atoms with Gasteiger partial charge in [0.15, 0.2) is 0 Å². The maximum absolute atomic E-state index is 3.33. The molecule has 1 fully saturated rings. The summed E-state index contributed by atoms with van der Waals surface area (Å²) in [6, 6.07) is 0. The van der Waals surface area contributed by atoms with Crippen molar-refractivity contribution in [3.8, 4) is 0 Å². The summed E-state index contributed by atoms with van der Waals surface area (Å²) in [6.45, 7) is 6.84. The van der Waals surface area contributed by atoms with Crippen molar-refractivity contribution >= 4 is 0 Å². The zero-order valence-corrected chi connectivity index (χ0v) is 6.98. The van der Waals surface area contributed by atoms with Crippen LogP contribution in [-0.2, 0) is 0 Å². The van der Waals surface area contributed by atoms with Crippen LogP contribution in [0.4, 0.5) is 0 Å². The van der Waals surface area contributed by atoms with Crippen LogP contribution in [0.1, 0.15) is 26.7 Å². The van der Waals surface area contributed by atoms with Gasteiger partial charge in [-0.05, 0) is 18.9 Å². The molecular formula is C9H17N. The fourth-order valence-electron chi connectivity index (χ4n) is 1.25. The molecule has 0 bridgehead atoms. The molecule has 0 spiro atoms. The Morgan fingerprint density at radius 2 is 2.50 bits per heavy atom. The first-order chi connectivity index (χ1) is 4.83. The van der Waals surface area contributed by atoms with E-state index in [2.05, 4.69) is 25.2 Å². The van der Waals surface area contributed by atoms with E-state index in [1.807, 2.05) is 0 Å². The molecule has 0 saturated carbocycles. The van der Waals surface area contributed by atoms with Crippen LogP contribution in [0.25, 0.3) is 0 Å². The molecule has 1 N–H and O–H groups in total. The minimum Gasteiger partial charge on any atom is -0.313 e. The van der Waals surface area contributed by atoms with Crippen molar-refractivity contribution in [2.24, 2.45) is 5.92 Å². The Morgan fingerprint density at radius 3 is 3.00 bits per heavy atom. The van der Waals surface area contributed by atoms with E-state index in [0.717, 1.165) is 12.5 Å². The predicted molar refractivity (Wildman–Crippen MR) is 45.0 cm³/mol. The molecule has 0 aromatic heterocycles. The monoisotopic (exact) mass is 139 g/mol. The molecule has 1 heteroatoms. The lowest BCUT2D eigenvalue weighted by Gasteiger charge is -2.01. The van der Waals surface area contributed by atoms with Crippen molar-refractivity contribution in [3.63, 3.8) is 0 Å². The summed E-state index contributed by atoms with van der Waals surface area (Å²) in [5, 5.41) is 3.33. The molecule has 0 amide bonds. The fraction of sp³-hybridized carbons (Fsp3) is 0.778. The molecule has 1 unspecified atom stereocenters. The molecule has 1 rings (SSSR count). The standard InChI is InChI=1S/C9H17N/c1-3-8(2)6-9-4-5-10-7-9/h6,8,10H,3-5,7H2,1-2H3. The second-order valence-electron chi connectivity index (χ2n) is 3.14. The Kier molecular flexibility index (Phi) is 2.94. The van der Waals surface area contributed by atoms with Crippen LogP contribution < -0.4 is 5.32 Å². The van der Waals surface area contributed by atoms with Crippen molar-refractivity contribution in [2.75, 3.05) is 13.1 Å². The maximum Gasteiger partial charge on any atom is 0.0165 e. The van der Waals surface area contributed by atoms with Crippen LogP contribution in [0.2, 0.25) is 0 Å². The van der Waals surface area contributed by atoms with Crippen molar-refractivity contribution in [3.05, 3.63) is 11.6 Å². The third-order valence-corrected chi connectivity index (χ3v) is 2.14. The van der Waals surface area contributed by atoms with Crippen LogP contribution in [-0.4, -0.2) is 13.1 Å². The molecule has 1 nitrogen and oxygen atoms in total. The Morgan fingerprint density at radius 1 is 1.70 bits per heavy atom. The van der Waals surface area contributed by atoms with E-state index in [9.17, 15) is 0 Å². The van der Waals surface area contributed by atoms with E-state index in [1.54, 1.807) is 5.57 Å². The average molecular weight is 139 g/mol. The first-order valence-electron chi connectivity index (χ1n) is 4.23. The summed E-state index contributed by atoms with van der Waals surface area (Å²) in [6.07, 6.45) is 4.95. The highest BCUT2D eigenvalue weighted by Gasteiger charge is 2.05. The first kappa shape index (κ1) is 7.80. The minimum atomic E-state index is 0.773. The Labute approximate surface area is 63.5 Å². The third-order valence-electron chi connectivity index (χ3n) is 2.14. The molecule has 1 saturated heterocycles. The molecule has 1 heterocycles. The van der Waals surface area contributed by atoms with Gasteiger partial charge < -0.3 is 5.32 Å². The van der Waals surface area contributed by atoms with Crippen molar-refractivity contribution in [2.45, 2.75) is 26.7 Å². The predicted octanol–water partition coefficient (Wildman–Crippen LogP) is 1.95. The number of allylic oxidation sites excluding steroid dienone is 1. The second kappa shape index (κ2) is 3.77. The van der Waals surface area contributed by atoms with Gasteiger partial charge in [-0.1, -0.05) is 31.9 Å². The van der Waals surface area contributed by atoms with Crippen molar-refractivity contribution < 1.29 is 0 Å². The van der Waals surface area contributed by atoms with Gasteiger partial charge in [0.25, 0.3) is 0 Å². The lowest BCUT2D eigenvalue weighted by molar-refractivity contribution is 0.690. The highest BCUT2D eigenvalue weighted by Crippen LogP contribution is 2.11. The number of rotatable bonds is 2. The average Bonchev–Trinajstić information content (AvgIpc) is 2.40. The Balaban J connectivity index is 2.37. The van der Waals surface area contributed by atoms with Gasteiger partial charge in [0, 0.05) is 6.54 Å². The van der Waals surface area contributed by atoms with Crippen molar-refractivity contribution in [1.82, 2.24) is 5.32 Å². The van der Waals surface area contributed by atoms with Gasteiger partial charge in [-0.3, -0.25) is 0 Å². The fourth-order valence-corrected chi connectivity index (χ4v) is 1.25. The van der Waals surface area contributed by atoms with Gasteiger partial charge in [-0.25, -0.2) is 0 Å². The SMILES string of the molecule is CCC(C)C=C1CCNC1. The third kappa shape index (κ3) is 2.14. The van der Waals surface area contributed by atoms with Gasteiger partial charge in [0.1, 0.15) is 0 Å². The largest absolute Gasteiger partial charge is 0.313 e. The smallest absolute Gasteiger partial charge is 0.0165 e. The molecule has 1 aliphatic heterocycles. The summed E-state index contributed by atoms with van der Waals surface area (Å²) in [7, 11) is 0. The number of hydrogen-bond acceptors (Lipinski definition) is 1. The minimum absolute atomic E-state index is 0.773. The zero-order chi connectivity index (χ0) is 7.40. The van der Waals surface area contributed by atoms with E-state index in [1.165, 1.54) is 19.4 Å². The molecule has 1 aliphatic rings. The molecule has 0 aliphatic carbocycles. The summed E-state index contributed by atoms with van der Waals surface area (Å²) in [5.74, 6) is 0.773. The summed E-state index contributed by atoms with van der Waals surface area (Å²) in [5.41, 5.74) is 1.61. The molecular weight excluding hydrogens is 122 g/mol. The van der Waals surface area contributed by atoms with E-state index in [-0.39, 0.29) is 0 Å². The molecule has 0 aromatic carbocycles. The van der Waals surface area contributed by atoms with Crippen LogP contribution in [0.15, 0.2) is 11.6 Å². The molecule has 10 heavy (non-hydrogen) atoms.